The first kappa shape index (κ1) is 11.4. The van der Waals surface area contributed by atoms with Crippen molar-refractivity contribution in [2.75, 3.05) is 19.7 Å². The fraction of sp³-hybridized carbons (Fsp3) is 0.429. The molecule has 1 fully saturated rings. The number of para-hydroxylation sites is 2. The monoisotopic (exact) mass is 243 g/mol. The van der Waals surface area contributed by atoms with E-state index in [1.165, 1.54) is 6.42 Å². The number of nitrogens with one attached hydrogen (secondary N) is 1. The molecule has 0 spiro atoms. The van der Waals surface area contributed by atoms with Crippen LogP contribution in [0, 0.1) is 12.8 Å². The second-order valence-corrected chi connectivity index (χ2v) is 4.77. The normalized spacial score (nSPS) is 19.3. The van der Waals surface area contributed by atoms with Crippen LogP contribution in [0.4, 0.5) is 0 Å². The van der Waals surface area contributed by atoms with Crippen molar-refractivity contribution in [2.45, 2.75) is 13.3 Å². The van der Waals surface area contributed by atoms with E-state index >= 15 is 0 Å². The van der Waals surface area contributed by atoms with Gasteiger partial charge in [0.15, 0.2) is 0 Å². The number of hydrogen-bond acceptors (Lipinski definition) is 4. The van der Waals surface area contributed by atoms with Crippen LogP contribution in [0.1, 0.15) is 12.1 Å². The lowest BCUT2D eigenvalue weighted by Gasteiger charge is -2.12. The van der Waals surface area contributed by atoms with Crippen molar-refractivity contribution < 1.29 is 4.74 Å². The number of benzene rings is 1. The third-order valence-electron chi connectivity index (χ3n) is 3.32. The summed E-state index contributed by atoms with van der Waals surface area (Å²) < 4.78 is 5.82. The molecule has 0 unspecified atom stereocenters. The van der Waals surface area contributed by atoms with Gasteiger partial charge in [-0.3, -0.25) is 0 Å². The molecule has 4 heteroatoms. The Kier molecular flexibility index (Phi) is 3.11. The highest BCUT2D eigenvalue weighted by atomic mass is 16.5. The Bertz CT molecular complexity index is 550. The SMILES string of the molecule is Cc1nc2ccccc2nc1OC[C@H]1CCNC1. The van der Waals surface area contributed by atoms with Crippen LogP contribution in [0.3, 0.4) is 0 Å². The average molecular weight is 243 g/mol. The average Bonchev–Trinajstić information content (AvgIpc) is 2.89. The van der Waals surface area contributed by atoms with E-state index in [0.717, 1.165) is 36.4 Å². The van der Waals surface area contributed by atoms with Gasteiger partial charge in [-0.2, -0.15) is 0 Å². The van der Waals surface area contributed by atoms with Gasteiger partial charge in [-0.15, -0.1) is 0 Å². The van der Waals surface area contributed by atoms with Crippen molar-refractivity contribution in [2.24, 2.45) is 5.92 Å². The second-order valence-electron chi connectivity index (χ2n) is 4.77. The first-order valence-corrected chi connectivity index (χ1v) is 6.40. The molecule has 1 aliphatic heterocycles. The molecule has 3 rings (SSSR count). The Balaban J connectivity index is 1.80. The largest absolute Gasteiger partial charge is 0.476 e. The molecule has 18 heavy (non-hydrogen) atoms. The maximum atomic E-state index is 5.82. The fourth-order valence-corrected chi connectivity index (χ4v) is 2.26. The van der Waals surface area contributed by atoms with Gasteiger partial charge in [-0.1, -0.05) is 12.1 Å². The van der Waals surface area contributed by atoms with Crippen LogP contribution >= 0.6 is 0 Å². The Morgan fingerprint density at radius 1 is 1.28 bits per heavy atom. The summed E-state index contributed by atoms with van der Waals surface area (Å²) in [5.74, 6) is 1.26. The lowest BCUT2D eigenvalue weighted by atomic mass is 10.1. The molecule has 2 aromatic rings. The molecule has 2 heterocycles. The van der Waals surface area contributed by atoms with E-state index in [0.29, 0.717) is 11.8 Å². The number of aromatic nitrogens is 2. The number of hydrogen-bond donors (Lipinski definition) is 1. The number of rotatable bonds is 3. The van der Waals surface area contributed by atoms with Crippen molar-refractivity contribution in [3.8, 4) is 5.88 Å². The van der Waals surface area contributed by atoms with Crippen molar-refractivity contribution in [1.82, 2.24) is 15.3 Å². The Hall–Kier alpha value is -1.68. The predicted molar refractivity (Wildman–Crippen MR) is 70.7 cm³/mol. The van der Waals surface area contributed by atoms with Crippen LogP contribution in [-0.2, 0) is 0 Å². The first-order valence-electron chi connectivity index (χ1n) is 6.40. The zero-order valence-corrected chi connectivity index (χ0v) is 10.5. The zero-order valence-electron chi connectivity index (χ0n) is 10.5. The van der Waals surface area contributed by atoms with Gasteiger partial charge in [-0.25, -0.2) is 9.97 Å². The Labute approximate surface area is 106 Å². The number of ether oxygens (including phenoxy) is 1. The Morgan fingerprint density at radius 2 is 2.06 bits per heavy atom. The molecule has 0 bridgehead atoms. The van der Waals surface area contributed by atoms with Gasteiger partial charge < -0.3 is 10.1 Å². The quantitative estimate of drug-likeness (QED) is 0.894. The second kappa shape index (κ2) is 4.90. The summed E-state index contributed by atoms with van der Waals surface area (Å²) in [6, 6.07) is 7.88. The summed E-state index contributed by atoms with van der Waals surface area (Å²) in [6.07, 6.45) is 1.18. The van der Waals surface area contributed by atoms with Crippen LogP contribution in [0.15, 0.2) is 24.3 Å². The molecule has 0 amide bonds. The summed E-state index contributed by atoms with van der Waals surface area (Å²) in [6.45, 7) is 4.80. The van der Waals surface area contributed by atoms with E-state index in [4.69, 9.17) is 4.74 Å². The maximum absolute atomic E-state index is 5.82. The molecule has 1 aliphatic rings. The molecule has 0 radical (unpaired) electrons. The smallest absolute Gasteiger partial charge is 0.235 e. The maximum Gasteiger partial charge on any atom is 0.235 e. The van der Waals surface area contributed by atoms with Crippen molar-refractivity contribution >= 4 is 11.0 Å². The minimum atomic E-state index is 0.595. The zero-order chi connectivity index (χ0) is 12.4. The molecule has 1 aromatic carbocycles. The van der Waals surface area contributed by atoms with E-state index in [9.17, 15) is 0 Å². The molecule has 4 nitrogen and oxygen atoms in total. The summed E-state index contributed by atoms with van der Waals surface area (Å²) in [4.78, 5) is 9.05. The van der Waals surface area contributed by atoms with Crippen LogP contribution in [0.5, 0.6) is 5.88 Å². The summed E-state index contributed by atoms with van der Waals surface area (Å²) in [5, 5.41) is 3.34. The summed E-state index contributed by atoms with van der Waals surface area (Å²) >= 11 is 0. The highest BCUT2D eigenvalue weighted by Gasteiger charge is 2.16. The van der Waals surface area contributed by atoms with E-state index in [1.54, 1.807) is 0 Å². The predicted octanol–water partition coefficient (Wildman–Crippen LogP) is 1.93. The van der Waals surface area contributed by atoms with Gasteiger partial charge in [0.05, 0.1) is 17.6 Å². The molecule has 0 aliphatic carbocycles. The minimum absolute atomic E-state index is 0.595. The van der Waals surface area contributed by atoms with Crippen LogP contribution in [0.25, 0.3) is 11.0 Å². The molecule has 94 valence electrons. The number of nitrogens with zero attached hydrogens (tertiary/aromatic N) is 2. The van der Waals surface area contributed by atoms with Gasteiger partial charge in [-0.05, 0) is 32.0 Å². The third kappa shape index (κ3) is 2.29. The van der Waals surface area contributed by atoms with E-state index in [-0.39, 0.29) is 0 Å². The Morgan fingerprint density at radius 3 is 2.78 bits per heavy atom. The van der Waals surface area contributed by atoms with Crippen LogP contribution in [0.2, 0.25) is 0 Å². The van der Waals surface area contributed by atoms with Gasteiger partial charge in [0, 0.05) is 12.5 Å². The third-order valence-corrected chi connectivity index (χ3v) is 3.32. The van der Waals surface area contributed by atoms with Gasteiger partial charge >= 0.3 is 0 Å². The van der Waals surface area contributed by atoms with Gasteiger partial charge in [0.2, 0.25) is 5.88 Å². The van der Waals surface area contributed by atoms with Crippen molar-refractivity contribution in [3.05, 3.63) is 30.0 Å². The van der Waals surface area contributed by atoms with E-state index in [1.807, 2.05) is 31.2 Å². The molecule has 1 aromatic heterocycles. The standard InChI is InChI=1S/C14H17N3O/c1-10-14(18-9-11-6-7-15-8-11)17-13-5-3-2-4-12(13)16-10/h2-5,11,15H,6-9H2,1H3/t11-/m0/s1. The van der Waals surface area contributed by atoms with E-state index in [2.05, 4.69) is 15.3 Å². The van der Waals surface area contributed by atoms with Crippen molar-refractivity contribution in [3.63, 3.8) is 0 Å². The first-order chi connectivity index (χ1) is 8.83. The number of fused-ring (bicyclic) bond motifs is 1. The lowest BCUT2D eigenvalue weighted by Crippen LogP contribution is -2.16. The molecule has 1 saturated heterocycles. The molecule has 1 N–H and O–H groups in total. The fourth-order valence-electron chi connectivity index (χ4n) is 2.26. The van der Waals surface area contributed by atoms with E-state index < -0.39 is 0 Å². The highest BCUT2D eigenvalue weighted by molar-refractivity contribution is 5.74. The molecule has 0 saturated carbocycles. The summed E-state index contributed by atoms with van der Waals surface area (Å²) in [7, 11) is 0. The van der Waals surface area contributed by atoms with Gasteiger partial charge in [0.25, 0.3) is 0 Å². The molecular weight excluding hydrogens is 226 g/mol. The van der Waals surface area contributed by atoms with Crippen LogP contribution in [-0.4, -0.2) is 29.7 Å². The topological polar surface area (TPSA) is 47.0 Å². The molecular formula is C14H17N3O. The lowest BCUT2D eigenvalue weighted by molar-refractivity contribution is 0.249. The van der Waals surface area contributed by atoms with Crippen molar-refractivity contribution in [1.29, 1.82) is 0 Å². The highest BCUT2D eigenvalue weighted by Crippen LogP contribution is 2.19. The number of aryl methyl sites for hydroxylation is 1. The molecule has 1 atom stereocenters. The minimum Gasteiger partial charge on any atom is -0.476 e. The van der Waals surface area contributed by atoms with Gasteiger partial charge in [0.1, 0.15) is 5.69 Å². The summed E-state index contributed by atoms with van der Waals surface area (Å²) in [5.41, 5.74) is 2.67. The van der Waals surface area contributed by atoms with Crippen LogP contribution < -0.4 is 10.1 Å².